The van der Waals surface area contributed by atoms with Gasteiger partial charge >= 0.3 is 0 Å². The van der Waals surface area contributed by atoms with Crippen LogP contribution in [0, 0.1) is 5.92 Å². The average Bonchev–Trinajstić information content (AvgIpc) is 2.25. The predicted molar refractivity (Wildman–Crippen MR) is 79.0 cm³/mol. The van der Waals surface area contributed by atoms with Gasteiger partial charge in [-0.15, -0.1) is 0 Å². The second-order valence-electron chi connectivity index (χ2n) is 4.09. The van der Waals surface area contributed by atoms with Crippen molar-refractivity contribution in [2.24, 2.45) is 5.92 Å². The maximum Gasteiger partial charge on any atom is 0.252 e. The fourth-order valence-corrected chi connectivity index (χ4v) is 2.12. The molecule has 94 valence electrons. The monoisotopic (exact) mass is 381 g/mol. The van der Waals surface area contributed by atoms with Gasteiger partial charge in [0, 0.05) is 15.8 Å². The molecular formula is C12H14Br2ClNO. The highest BCUT2D eigenvalue weighted by molar-refractivity contribution is 9.10. The Morgan fingerprint density at radius 3 is 2.65 bits per heavy atom. The fraction of sp³-hybridized carbons (Fsp3) is 0.417. The molecule has 5 heteroatoms. The van der Waals surface area contributed by atoms with Crippen LogP contribution in [0.15, 0.2) is 22.7 Å². The van der Waals surface area contributed by atoms with E-state index in [9.17, 15) is 4.79 Å². The molecule has 0 bridgehead atoms. The number of carbonyl (C=O) groups is 1. The minimum Gasteiger partial charge on any atom is -0.351 e. The third-order valence-electron chi connectivity index (χ3n) is 2.36. The molecule has 17 heavy (non-hydrogen) atoms. The van der Waals surface area contributed by atoms with E-state index < -0.39 is 0 Å². The summed E-state index contributed by atoms with van der Waals surface area (Å²) >= 11 is 12.8. The Bertz CT molecular complexity index is 409. The average molecular weight is 384 g/mol. The zero-order valence-electron chi connectivity index (χ0n) is 9.64. The minimum absolute atomic E-state index is 0.146. The van der Waals surface area contributed by atoms with Gasteiger partial charge in [-0.3, -0.25) is 4.79 Å². The van der Waals surface area contributed by atoms with E-state index >= 15 is 0 Å². The van der Waals surface area contributed by atoms with Crippen molar-refractivity contribution in [3.05, 3.63) is 33.3 Å². The highest BCUT2D eigenvalue weighted by atomic mass is 79.9. The highest BCUT2D eigenvalue weighted by Gasteiger charge is 2.13. The molecule has 0 aromatic heterocycles. The van der Waals surface area contributed by atoms with Gasteiger partial charge in [0.2, 0.25) is 0 Å². The molecule has 0 radical (unpaired) electrons. The molecule has 0 aliphatic heterocycles. The third-order valence-corrected chi connectivity index (χ3v) is 4.54. The van der Waals surface area contributed by atoms with Crippen LogP contribution in [0.1, 0.15) is 24.2 Å². The zero-order chi connectivity index (χ0) is 13.0. The highest BCUT2D eigenvalue weighted by Crippen LogP contribution is 2.21. The van der Waals surface area contributed by atoms with Crippen molar-refractivity contribution in [2.75, 3.05) is 6.54 Å². The van der Waals surface area contributed by atoms with E-state index in [2.05, 4.69) is 51.0 Å². The first-order valence-electron chi connectivity index (χ1n) is 5.29. The van der Waals surface area contributed by atoms with Crippen LogP contribution in [0.5, 0.6) is 0 Å². The molecule has 0 spiro atoms. The molecule has 0 fully saturated rings. The van der Waals surface area contributed by atoms with E-state index in [0.29, 0.717) is 23.0 Å². The number of alkyl halides is 1. The first-order chi connectivity index (χ1) is 7.91. The van der Waals surface area contributed by atoms with Gasteiger partial charge in [-0.25, -0.2) is 0 Å². The maximum absolute atomic E-state index is 11.9. The number of hydrogen-bond acceptors (Lipinski definition) is 1. The second kappa shape index (κ2) is 6.76. The summed E-state index contributed by atoms with van der Waals surface area (Å²) in [5.41, 5.74) is 0.498. The Balaban J connectivity index is 2.64. The summed E-state index contributed by atoms with van der Waals surface area (Å²) in [4.78, 5) is 12.1. The Labute approximate surface area is 123 Å². The van der Waals surface area contributed by atoms with E-state index in [4.69, 9.17) is 11.6 Å². The van der Waals surface area contributed by atoms with Crippen LogP contribution in [-0.2, 0) is 0 Å². The summed E-state index contributed by atoms with van der Waals surface area (Å²) in [6, 6.07) is 5.22. The van der Waals surface area contributed by atoms with Gasteiger partial charge in [-0.1, -0.05) is 57.3 Å². The summed E-state index contributed by atoms with van der Waals surface area (Å²) < 4.78 is 0.861. The lowest BCUT2D eigenvalue weighted by molar-refractivity contribution is 0.0953. The predicted octanol–water partition coefficient (Wildman–Crippen LogP) is 4.25. The van der Waals surface area contributed by atoms with Crippen molar-refractivity contribution in [1.82, 2.24) is 5.32 Å². The van der Waals surface area contributed by atoms with Crippen molar-refractivity contribution in [2.45, 2.75) is 18.7 Å². The maximum atomic E-state index is 11.9. The van der Waals surface area contributed by atoms with E-state index in [1.807, 2.05) is 0 Å². The van der Waals surface area contributed by atoms with E-state index in [1.165, 1.54) is 0 Å². The Hall–Kier alpha value is -0.0600. The summed E-state index contributed by atoms with van der Waals surface area (Å²) in [5, 5.41) is 3.31. The molecule has 2 nitrogen and oxygen atoms in total. The molecule has 1 atom stereocenters. The van der Waals surface area contributed by atoms with Gasteiger partial charge in [-0.05, 0) is 24.1 Å². The summed E-state index contributed by atoms with van der Waals surface area (Å²) in [5.74, 6) is 0.322. The third kappa shape index (κ3) is 4.60. The lowest BCUT2D eigenvalue weighted by atomic mass is 10.1. The fourth-order valence-electron chi connectivity index (χ4n) is 1.19. The zero-order valence-corrected chi connectivity index (χ0v) is 13.6. The quantitative estimate of drug-likeness (QED) is 0.774. The topological polar surface area (TPSA) is 29.1 Å². The van der Waals surface area contributed by atoms with Crippen LogP contribution in [-0.4, -0.2) is 17.3 Å². The molecule has 1 aromatic carbocycles. The summed E-state index contributed by atoms with van der Waals surface area (Å²) in [6.07, 6.45) is 0. The van der Waals surface area contributed by atoms with E-state index in [1.54, 1.807) is 18.2 Å². The Morgan fingerprint density at radius 2 is 2.12 bits per heavy atom. The largest absolute Gasteiger partial charge is 0.351 e. The number of benzene rings is 1. The molecule has 0 aliphatic carbocycles. The molecule has 1 unspecified atom stereocenters. The molecule has 0 aliphatic rings. The van der Waals surface area contributed by atoms with Crippen LogP contribution in [0.4, 0.5) is 0 Å². The molecule has 1 rings (SSSR count). The SMILES string of the molecule is CC(C)C(Br)CNC(=O)c1ccc(Br)cc1Cl. The minimum atomic E-state index is -0.146. The van der Waals surface area contributed by atoms with E-state index in [-0.39, 0.29) is 10.7 Å². The van der Waals surface area contributed by atoms with Gasteiger partial charge in [0.25, 0.3) is 5.91 Å². The molecule has 1 N–H and O–H groups in total. The van der Waals surface area contributed by atoms with Crippen LogP contribution in [0.3, 0.4) is 0 Å². The van der Waals surface area contributed by atoms with Gasteiger partial charge in [0.05, 0.1) is 10.6 Å². The Morgan fingerprint density at radius 1 is 1.47 bits per heavy atom. The first-order valence-corrected chi connectivity index (χ1v) is 7.37. The van der Waals surface area contributed by atoms with Crippen LogP contribution in [0.2, 0.25) is 5.02 Å². The molecule has 0 saturated carbocycles. The second-order valence-corrected chi connectivity index (χ2v) is 6.59. The molecular weight excluding hydrogens is 369 g/mol. The lowest BCUT2D eigenvalue weighted by Gasteiger charge is -2.14. The van der Waals surface area contributed by atoms with E-state index in [0.717, 1.165) is 4.47 Å². The first kappa shape index (κ1) is 15.0. The molecule has 1 amide bonds. The van der Waals surface area contributed by atoms with Crippen LogP contribution in [0.25, 0.3) is 0 Å². The van der Waals surface area contributed by atoms with Crippen LogP contribution < -0.4 is 5.32 Å². The molecule has 0 heterocycles. The molecule has 1 aromatic rings. The number of rotatable bonds is 4. The lowest BCUT2D eigenvalue weighted by Crippen LogP contribution is -2.31. The normalized spacial score (nSPS) is 12.6. The van der Waals surface area contributed by atoms with Crippen molar-refractivity contribution < 1.29 is 4.79 Å². The van der Waals surface area contributed by atoms with Crippen molar-refractivity contribution in [1.29, 1.82) is 0 Å². The Kier molecular flexibility index (Phi) is 5.97. The number of amides is 1. The molecule has 0 saturated heterocycles. The number of carbonyl (C=O) groups excluding carboxylic acids is 1. The number of hydrogen-bond donors (Lipinski definition) is 1. The van der Waals surface area contributed by atoms with Crippen molar-refractivity contribution in [3.63, 3.8) is 0 Å². The van der Waals surface area contributed by atoms with Crippen molar-refractivity contribution in [3.8, 4) is 0 Å². The number of halogens is 3. The van der Waals surface area contributed by atoms with Gasteiger partial charge in [0.1, 0.15) is 0 Å². The van der Waals surface area contributed by atoms with Gasteiger partial charge in [-0.2, -0.15) is 0 Å². The summed E-state index contributed by atoms with van der Waals surface area (Å²) in [7, 11) is 0. The summed E-state index contributed by atoms with van der Waals surface area (Å²) in [6.45, 7) is 4.78. The standard InChI is InChI=1S/C12H14Br2ClNO/c1-7(2)10(14)6-16-12(17)9-4-3-8(13)5-11(9)15/h3-5,7,10H,6H2,1-2H3,(H,16,17). The van der Waals surface area contributed by atoms with Gasteiger partial charge in [0.15, 0.2) is 0 Å². The van der Waals surface area contributed by atoms with Gasteiger partial charge < -0.3 is 5.32 Å². The van der Waals surface area contributed by atoms with Crippen molar-refractivity contribution >= 4 is 49.4 Å². The van der Waals surface area contributed by atoms with Crippen LogP contribution >= 0.6 is 43.5 Å². The number of nitrogens with one attached hydrogen (secondary N) is 1. The smallest absolute Gasteiger partial charge is 0.252 e.